The van der Waals surface area contributed by atoms with E-state index in [1.54, 1.807) is 13.8 Å². The van der Waals surface area contributed by atoms with E-state index in [4.69, 9.17) is 14.3 Å². The van der Waals surface area contributed by atoms with E-state index in [-0.39, 0.29) is 43.5 Å². The number of nitrogens with zero attached hydrogens (tertiary/aromatic N) is 1. The van der Waals surface area contributed by atoms with Crippen molar-refractivity contribution in [2.24, 2.45) is 5.41 Å². The van der Waals surface area contributed by atoms with Gasteiger partial charge < -0.3 is 24.9 Å². The van der Waals surface area contributed by atoms with Gasteiger partial charge in [-0.05, 0) is 27.7 Å². The number of hydrogen-bond donors (Lipinski definition) is 3. The van der Waals surface area contributed by atoms with E-state index in [1.807, 2.05) is 36.4 Å². The number of aliphatic carboxylic acids is 1. The lowest BCUT2D eigenvalue weighted by Gasteiger charge is -2.22. The molecule has 0 saturated carbocycles. The summed E-state index contributed by atoms with van der Waals surface area (Å²) in [6, 6.07) is 16.1. The maximum Gasteiger partial charge on any atom is 0.407 e. The molecule has 0 saturated heterocycles. The van der Waals surface area contributed by atoms with Gasteiger partial charge in [-0.2, -0.15) is 0 Å². The zero-order valence-electron chi connectivity index (χ0n) is 19.5. The van der Waals surface area contributed by atoms with E-state index in [9.17, 15) is 14.4 Å². The van der Waals surface area contributed by atoms with E-state index in [0.717, 1.165) is 28.6 Å². The van der Waals surface area contributed by atoms with Crippen molar-refractivity contribution in [2.45, 2.75) is 32.7 Å². The largest absolute Gasteiger partial charge is 0.481 e. The zero-order chi connectivity index (χ0) is 25.0. The minimum atomic E-state index is -0.946. The van der Waals surface area contributed by atoms with Crippen molar-refractivity contribution in [1.82, 2.24) is 15.6 Å². The Balaban J connectivity index is 1.32. The molecule has 0 aliphatic heterocycles. The van der Waals surface area contributed by atoms with Gasteiger partial charge in [0.25, 0.3) is 5.91 Å². The minimum absolute atomic E-state index is 0.0232. The number of alkyl carbamates (subject to hydrolysis) is 1. The van der Waals surface area contributed by atoms with Gasteiger partial charge in [-0.1, -0.05) is 62.4 Å². The SMILES string of the molecule is CC(C)(CNC(=O)c1ncoc1CNC(=O)OCC1c2ccccc2-c2ccccc21)CC(=O)O. The van der Waals surface area contributed by atoms with Crippen LogP contribution >= 0.6 is 0 Å². The molecule has 4 rings (SSSR count). The van der Waals surface area contributed by atoms with E-state index < -0.39 is 23.4 Å². The normalized spacial score (nSPS) is 12.5. The van der Waals surface area contributed by atoms with Crippen LogP contribution in [0.15, 0.2) is 59.3 Å². The second-order valence-corrected chi connectivity index (χ2v) is 9.22. The number of nitrogens with one attached hydrogen (secondary N) is 2. The predicted molar refractivity (Wildman–Crippen MR) is 127 cm³/mol. The molecule has 0 unspecified atom stereocenters. The van der Waals surface area contributed by atoms with Gasteiger partial charge in [0.2, 0.25) is 0 Å². The lowest BCUT2D eigenvalue weighted by atomic mass is 9.89. The maximum absolute atomic E-state index is 12.5. The predicted octanol–water partition coefficient (Wildman–Crippen LogP) is 3.94. The molecule has 9 heteroatoms. The van der Waals surface area contributed by atoms with Gasteiger partial charge in [0.1, 0.15) is 6.61 Å². The first kappa shape index (κ1) is 24.0. The Morgan fingerprint density at radius 1 is 1.03 bits per heavy atom. The van der Waals surface area contributed by atoms with Crippen LogP contribution in [0.3, 0.4) is 0 Å². The number of oxazole rings is 1. The summed E-state index contributed by atoms with van der Waals surface area (Å²) < 4.78 is 10.8. The number of hydrogen-bond acceptors (Lipinski definition) is 6. The van der Waals surface area contributed by atoms with Gasteiger partial charge in [-0.3, -0.25) is 9.59 Å². The summed E-state index contributed by atoms with van der Waals surface area (Å²) in [5.74, 6) is -1.35. The van der Waals surface area contributed by atoms with Crippen LogP contribution in [0.2, 0.25) is 0 Å². The average Bonchev–Trinajstić information content (AvgIpc) is 3.42. The van der Waals surface area contributed by atoms with Gasteiger partial charge in [0.05, 0.1) is 13.0 Å². The Bertz CT molecular complexity index is 1200. The first-order valence-electron chi connectivity index (χ1n) is 11.3. The number of benzene rings is 2. The molecule has 1 heterocycles. The molecule has 3 aromatic rings. The molecule has 35 heavy (non-hydrogen) atoms. The Morgan fingerprint density at radius 3 is 2.29 bits per heavy atom. The fraction of sp³-hybridized carbons (Fsp3) is 0.308. The van der Waals surface area contributed by atoms with E-state index in [2.05, 4.69) is 27.8 Å². The highest BCUT2D eigenvalue weighted by Crippen LogP contribution is 2.44. The standard InChI is InChI=1S/C26H27N3O6/c1-26(2,11-22(30)31)14-28-24(32)23-21(35-15-29-23)12-27-25(33)34-13-20-18-9-5-3-7-16(18)17-8-4-6-10-19(17)20/h3-10,15,20H,11-14H2,1-2H3,(H,27,33)(H,28,32)(H,30,31). The van der Waals surface area contributed by atoms with E-state index >= 15 is 0 Å². The van der Waals surface area contributed by atoms with Gasteiger partial charge in [-0.15, -0.1) is 0 Å². The molecule has 3 N–H and O–H groups in total. The molecule has 0 fully saturated rings. The molecule has 0 spiro atoms. The number of ether oxygens (including phenoxy) is 1. The monoisotopic (exact) mass is 477 g/mol. The number of amides is 2. The molecule has 2 aromatic carbocycles. The number of carboxylic acid groups (broad SMARTS) is 1. The number of carbonyl (C=O) groups is 3. The number of carbonyl (C=O) groups excluding carboxylic acids is 2. The third-order valence-corrected chi connectivity index (χ3v) is 5.95. The summed E-state index contributed by atoms with van der Waals surface area (Å²) in [6.45, 7) is 3.71. The van der Waals surface area contributed by atoms with Gasteiger partial charge in [0.15, 0.2) is 17.8 Å². The Labute approximate surface area is 202 Å². The minimum Gasteiger partial charge on any atom is -0.481 e. The van der Waals surface area contributed by atoms with Crippen LogP contribution in [-0.2, 0) is 16.1 Å². The molecular weight excluding hydrogens is 450 g/mol. The van der Waals surface area contributed by atoms with Crippen LogP contribution in [0.4, 0.5) is 4.79 Å². The Morgan fingerprint density at radius 2 is 1.66 bits per heavy atom. The highest BCUT2D eigenvalue weighted by molar-refractivity contribution is 5.93. The molecule has 1 aliphatic carbocycles. The van der Waals surface area contributed by atoms with Crippen LogP contribution in [0.1, 0.15) is 53.6 Å². The van der Waals surface area contributed by atoms with Crippen LogP contribution in [0, 0.1) is 5.41 Å². The quantitative estimate of drug-likeness (QED) is 0.425. The van der Waals surface area contributed by atoms with Crippen molar-refractivity contribution in [3.05, 3.63) is 77.5 Å². The lowest BCUT2D eigenvalue weighted by Crippen LogP contribution is -2.36. The average molecular weight is 478 g/mol. The van der Waals surface area contributed by atoms with Crippen molar-refractivity contribution in [1.29, 1.82) is 0 Å². The van der Waals surface area contributed by atoms with Gasteiger partial charge >= 0.3 is 12.1 Å². The fourth-order valence-corrected chi connectivity index (χ4v) is 4.26. The van der Waals surface area contributed by atoms with Crippen molar-refractivity contribution < 1.29 is 28.6 Å². The van der Waals surface area contributed by atoms with E-state index in [1.165, 1.54) is 0 Å². The second-order valence-electron chi connectivity index (χ2n) is 9.22. The lowest BCUT2D eigenvalue weighted by molar-refractivity contribution is -0.139. The number of carboxylic acids is 1. The fourth-order valence-electron chi connectivity index (χ4n) is 4.26. The molecule has 1 aromatic heterocycles. The second kappa shape index (κ2) is 10.0. The number of rotatable bonds is 9. The summed E-state index contributed by atoms with van der Waals surface area (Å²) in [5.41, 5.74) is 3.89. The number of aromatic nitrogens is 1. The molecule has 0 bridgehead atoms. The van der Waals surface area contributed by atoms with Crippen molar-refractivity contribution >= 4 is 18.0 Å². The van der Waals surface area contributed by atoms with E-state index in [0.29, 0.717) is 0 Å². The van der Waals surface area contributed by atoms with Crippen molar-refractivity contribution in [2.75, 3.05) is 13.2 Å². The molecule has 182 valence electrons. The van der Waals surface area contributed by atoms with Crippen LogP contribution < -0.4 is 10.6 Å². The Hall–Kier alpha value is -4.14. The Kier molecular flexibility index (Phi) is 6.86. The molecule has 0 atom stereocenters. The first-order valence-corrected chi connectivity index (χ1v) is 11.3. The highest BCUT2D eigenvalue weighted by Gasteiger charge is 2.29. The summed E-state index contributed by atoms with van der Waals surface area (Å²) in [7, 11) is 0. The first-order chi connectivity index (χ1) is 16.7. The van der Waals surface area contributed by atoms with Crippen molar-refractivity contribution in [3.8, 4) is 11.1 Å². The summed E-state index contributed by atoms with van der Waals surface area (Å²) in [4.78, 5) is 39.8. The summed E-state index contributed by atoms with van der Waals surface area (Å²) >= 11 is 0. The highest BCUT2D eigenvalue weighted by atomic mass is 16.5. The molecule has 1 aliphatic rings. The topological polar surface area (TPSA) is 131 Å². The maximum atomic E-state index is 12.5. The van der Waals surface area contributed by atoms with Crippen LogP contribution in [0.25, 0.3) is 11.1 Å². The van der Waals surface area contributed by atoms with Crippen LogP contribution in [0.5, 0.6) is 0 Å². The molecular formula is C26H27N3O6. The van der Waals surface area contributed by atoms with Gasteiger partial charge in [0, 0.05) is 12.5 Å². The summed E-state index contributed by atoms with van der Waals surface area (Å²) in [5, 5.41) is 14.3. The van der Waals surface area contributed by atoms with Crippen LogP contribution in [-0.4, -0.2) is 41.2 Å². The number of fused-ring (bicyclic) bond motifs is 3. The molecule has 0 radical (unpaired) electrons. The smallest absolute Gasteiger partial charge is 0.407 e. The molecule has 9 nitrogen and oxygen atoms in total. The molecule has 2 amide bonds. The van der Waals surface area contributed by atoms with Gasteiger partial charge in [-0.25, -0.2) is 9.78 Å². The third kappa shape index (κ3) is 5.51. The van der Waals surface area contributed by atoms with Crippen molar-refractivity contribution in [3.63, 3.8) is 0 Å². The zero-order valence-corrected chi connectivity index (χ0v) is 19.5. The third-order valence-electron chi connectivity index (χ3n) is 5.95. The summed E-state index contributed by atoms with van der Waals surface area (Å²) in [6.07, 6.45) is 0.381.